The maximum Gasteiger partial charge on any atom is 0.344 e. The Labute approximate surface area is 92.6 Å². The van der Waals surface area contributed by atoms with Gasteiger partial charge in [0.05, 0.1) is 11.5 Å². The summed E-state index contributed by atoms with van der Waals surface area (Å²) in [7, 11) is 0. The van der Waals surface area contributed by atoms with Crippen molar-refractivity contribution in [1.82, 2.24) is 0 Å². The summed E-state index contributed by atoms with van der Waals surface area (Å²) in [5.74, 6) is 0.449. The third-order valence-electron chi connectivity index (χ3n) is 2.23. The molecule has 1 aromatic carbocycles. The zero-order chi connectivity index (χ0) is 11.5. The second kappa shape index (κ2) is 4.33. The van der Waals surface area contributed by atoms with Crippen LogP contribution in [0.3, 0.4) is 0 Å². The molecule has 0 aliphatic carbocycles. The highest BCUT2D eigenvalue weighted by Crippen LogP contribution is 2.12. The molecule has 82 valence electrons. The topological polar surface area (TPSA) is 50.4 Å². The van der Waals surface area contributed by atoms with E-state index in [9.17, 15) is 4.79 Å². The lowest BCUT2D eigenvalue weighted by Gasteiger charge is -1.98. The summed E-state index contributed by atoms with van der Waals surface area (Å²) < 4.78 is 5.09. The van der Waals surface area contributed by atoms with Crippen LogP contribution in [0.4, 0.5) is 0 Å². The normalized spacial score (nSPS) is 13.4. The fraction of sp³-hybridized carbons (Fsp3) is 0.154. The zero-order valence-corrected chi connectivity index (χ0v) is 8.88. The standard InChI is InChI=1S/C13H12O3/c1-9(14)6-7-11-8-10-4-2-3-5-12(10)13(15)16-11/h2-9,14H,1H3/b7-6+/t9-/m1/s1. The second-order valence-corrected chi connectivity index (χ2v) is 3.62. The smallest absolute Gasteiger partial charge is 0.344 e. The van der Waals surface area contributed by atoms with Crippen molar-refractivity contribution < 1.29 is 9.52 Å². The van der Waals surface area contributed by atoms with Crippen LogP contribution in [0.5, 0.6) is 0 Å². The predicted molar refractivity (Wildman–Crippen MR) is 63.2 cm³/mol. The van der Waals surface area contributed by atoms with Gasteiger partial charge in [-0.05, 0) is 30.5 Å². The van der Waals surface area contributed by atoms with Gasteiger partial charge in [-0.2, -0.15) is 0 Å². The number of aliphatic hydroxyl groups excluding tert-OH is 1. The molecule has 1 N–H and O–H groups in total. The van der Waals surface area contributed by atoms with Crippen LogP contribution >= 0.6 is 0 Å². The zero-order valence-electron chi connectivity index (χ0n) is 8.88. The Hall–Kier alpha value is -1.87. The highest BCUT2D eigenvalue weighted by atomic mass is 16.4. The first-order valence-corrected chi connectivity index (χ1v) is 5.06. The summed E-state index contributed by atoms with van der Waals surface area (Å²) >= 11 is 0. The van der Waals surface area contributed by atoms with Crippen molar-refractivity contribution in [1.29, 1.82) is 0 Å². The number of hydrogen-bond acceptors (Lipinski definition) is 3. The SMILES string of the molecule is C[C@@H](O)/C=C/c1cc2ccccc2c(=O)o1. The maximum atomic E-state index is 11.6. The molecule has 2 aromatic rings. The first-order valence-electron chi connectivity index (χ1n) is 5.06. The summed E-state index contributed by atoms with van der Waals surface area (Å²) in [6, 6.07) is 9.01. The maximum absolute atomic E-state index is 11.6. The summed E-state index contributed by atoms with van der Waals surface area (Å²) in [6.07, 6.45) is 2.60. The fourth-order valence-electron chi connectivity index (χ4n) is 1.47. The van der Waals surface area contributed by atoms with Crippen molar-refractivity contribution in [2.75, 3.05) is 0 Å². The molecule has 0 unspecified atom stereocenters. The van der Waals surface area contributed by atoms with Crippen LogP contribution in [0.2, 0.25) is 0 Å². The van der Waals surface area contributed by atoms with E-state index in [2.05, 4.69) is 0 Å². The molecule has 0 radical (unpaired) electrons. The van der Waals surface area contributed by atoms with Crippen molar-refractivity contribution in [3.63, 3.8) is 0 Å². The third kappa shape index (κ3) is 2.20. The van der Waals surface area contributed by atoms with E-state index in [0.717, 1.165) is 5.39 Å². The van der Waals surface area contributed by atoms with Crippen molar-refractivity contribution >= 4 is 16.8 Å². The van der Waals surface area contributed by atoms with Gasteiger partial charge in [0.1, 0.15) is 5.76 Å². The van der Waals surface area contributed by atoms with Crippen LogP contribution in [0.1, 0.15) is 12.7 Å². The molecular weight excluding hydrogens is 204 g/mol. The number of aliphatic hydroxyl groups is 1. The predicted octanol–water partition coefficient (Wildman–Crippen LogP) is 2.19. The van der Waals surface area contributed by atoms with Gasteiger partial charge < -0.3 is 9.52 Å². The van der Waals surface area contributed by atoms with E-state index in [-0.39, 0.29) is 5.63 Å². The fourth-order valence-corrected chi connectivity index (χ4v) is 1.47. The van der Waals surface area contributed by atoms with E-state index < -0.39 is 6.10 Å². The van der Waals surface area contributed by atoms with E-state index in [1.165, 1.54) is 0 Å². The third-order valence-corrected chi connectivity index (χ3v) is 2.23. The average Bonchev–Trinajstić information content (AvgIpc) is 2.26. The van der Waals surface area contributed by atoms with Crippen LogP contribution in [0.15, 0.2) is 45.6 Å². The van der Waals surface area contributed by atoms with E-state index in [1.54, 1.807) is 37.3 Å². The molecule has 0 aliphatic heterocycles. The van der Waals surface area contributed by atoms with E-state index in [0.29, 0.717) is 11.1 Å². The lowest BCUT2D eigenvalue weighted by Crippen LogP contribution is -2.00. The Morgan fingerprint density at radius 2 is 2.12 bits per heavy atom. The van der Waals surface area contributed by atoms with Gasteiger partial charge in [-0.3, -0.25) is 0 Å². The van der Waals surface area contributed by atoms with Gasteiger partial charge in [-0.15, -0.1) is 0 Å². The van der Waals surface area contributed by atoms with Gasteiger partial charge in [0.25, 0.3) is 0 Å². The van der Waals surface area contributed by atoms with Crippen molar-refractivity contribution in [2.24, 2.45) is 0 Å². The van der Waals surface area contributed by atoms with Gasteiger partial charge in [-0.25, -0.2) is 4.79 Å². The highest BCUT2D eigenvalue weighted by Gasteiger charge is 2.01. The molecule has 0 saturated carbocycles. The van der Waals surface area contributed by atoms with Crippen molar-refractivity contribution in [3.05, 3.63) is 52.6 Å². The highest BCUT2D eigenvalue weighted by molar-refractivity contribution is 5.82. The van der Waals surface area contributed by atoms with Crippen LogP contribution in [-0.4, -0.2) is 11.2 Å². The Bertz CT molecular complexity index is 579. The molecule has 3 heteroatoms. The first kappa shape index (κ1) is 10.6. The molecule has 1 heterocycles. The minimum atomic E-state index is -0.559. The largest absolute Gasteiger partial charge is 0.423 e. The summed E-state index contributed by atoms with van der Waals surface area (Å²) in [6.45, 7) is 1.63. The lowest BCUT2D eigenvalue weighted by atomic mass is 10.1. The Balaban J connectivity index is 2.54. The molecule has 0 spiro atoms. The van der Waals surface area contributed by atoms with E-state index >= 15 is 0 Å². The Morgan fingerprint density at radius 3 is 2.88 bits per heavy atom. The van der Waals surface area contributed by atoms with Gasteiger partial charge in [0.15, 0.2) is 0 Å². The van der Waals surface area contributed by atoms with Gasteiger partial charge >= 0.3 is 5.63 Å². The number of fused-ring (bicyclic) bond motifs is 1. The lowest BCUT2D eigenvalue weighted by molar-refractivity contribution is 0.245. The molecule has 2 rings (SSSR count). The van der Waals surface area contributed by atoms with E-state index in [1.807, 2.05) is 12.1 Å². The number of hydrogen-bond donors (Lipinski definition) is 1. The Morgan fingerprint density at radius 1 is 1.38 bits per heavy atom. The molecular formula is C13H12O3. The molecule has 0 amide bonds. The Kier molecular flexibility index (Phi) is 2.88. The van der Waals surface area contributed by atoms with Gasteiger partial charge in [-0.1, -0.05) is 24.3 Å². The molecule has 3 nitrogen and oxygen atoms in total. The number of benzene rings is 1. The minimum Gasteiger partial charge on any atom is -0.423 e. The number of rotatable bonds is 2. The molecule has 0 aliphatic rings. The summed E-state index contributed by atoms with van der Waals surface area (Å²) in [4.78, 5) is 11.6. The van der Waals surface area contributed by atoms with Crippen LogP contribution in [-0.2, 0) is 0 Å². The molecule has 0 saturated heterocycles. The average molecular weight is 216 g/mol. The van der Waals surface area contributed by atoms with Crippen molar-refractivity contribution in [3.8, 4) is 0 Å². The van der Waals surface area contributed by atoms with Crippen molar-refractivity contribution in [2.45, 2.75) is 13.0 Å². The first-order chi connectivity index (χ1) is 7.66. The minimum absolute atomic E-state index is 0.358. The quantitative estimate of drug-likeness (QED) is 0.837. The van der Waals surface area contributed by atoms with Gasteiger partial charge in [0.2, 0.25) is 0 Å². The van der Waals surface area contributed by atoms with Crippen LogP contribution in [0, 0.1) is 0 Å². The van der Waals surface area contributed by atoms with Crippen LogP contribution in [0.25, 0.3) is 16.8 Å². The molecule has 0 fully saturated rings. The van der Waals surface area contributed by atoms with Crippen LogP contribution < -0.4 is 5.63 Å². The molecule has 0 bridgehead atoms. The molecule has 16 heavy (non-hydrogen) atoms. The molecule has 1 atom stereocenters. The summed E-state index contributed by atoms with van der Waals surface area (Å²) in [5, 5.41) is 10.5. The summed E-state index contributed by atoms with van der Waals surface area (Å²) in [5.41, 5.74) is -0.358. The molecule has 1 aromatic heterocycles. The van der Waals surface area contributed by atoms with E-state index in [4.69, 9.17) is 9.52 Å². The monoisotopic (exact) mass is 216 g/mol. The second-order valence-electron chi connectivity index (χ2n) is 3.62. The van der Waals surface area contributed by atoms with Gasteiger partial charge in [0, 0.05) is 0 Å².